The summed E-state index contributed by atoms with van der Waals surface area (Å²) in [7, 11) is 0. The molecule has 1 saturated carbocycles. The van der Waals surface area contributed by atoms with Crippen molar-refractivity contribution >= 4 is 35.4 Å². The first kappa shape index (κ1) is 46.2. The van der Waals surface area contributed by atoms with Gasteiger partial charge in [-0.05, 0) is 97.5 Å². The van der Waals surface area contributed by atoms with Crippen molar-refractivity contribution in [1.29, 1.82) is 0 Å². The number of benzene rings is 3. The molecule has 15 heteroatoms. The van der Waals surface area contributed by atoms with Crippen molar-refractivity contribution in [3.05, 3.63) is 118 Å². The summed E-state index contributed by atoms with van der Waals surface area (Å²) in [5, 5.41) is 35.9. The molecule has 2 N–H and O–H groups in total. The average molecular weight is 874 g/mol. The number of nitrogens with zero attached hydrogens (tertiary/aromatic N) is 3. The van der Waals surface area contributed by atoms with Gasteiger partial charge in [0, 0.05) is 55.4 Å². The highest BCUT2D eigenvalue weighted by molar-refractivity contribution is 6.18. The summed E-state index contributed by atoms with van der Waals surface area (Å²) in [5.74, 6) is -0.728. The van der Waals surface area contributed by atoms with Crippen LogP contribution < -0.4 is 9.47 Å². The molecule has 3 aromatic rings. The van der Waals surface area contributed by atoms with Crippen LogP contribution in [0.4, 0.5) is 10.5 Å². The maximum atomic E-state index is 14.2. The largest absolute Gasteiger partial charge is 0.459 e. The van der Waals surface area contributed by atoms with Crippen molar-refractivity contribution in [1.82, 2.24) is 4.90 Å². The van der Waals surface area contributed by atoms with E-state index in [1.54, 1.807) is 47.4 Å². The van der Waals surface area contributed by atoms with Crippen molar-refractivity contribution in [3.63, 3.8) is 0 Å². The number of carbonyl (C=O) groups excluding carboxylic acids is 2. The molecule has 0 aromatic heterocycles. The molecule has 0 saturated heterocycles. The second kappa shape index (κ2) is 22.2. The number of amides is 1. The Labute approximate surface area is 367 Å². The predicted octanol–water partition coefficient (Wildman–Crippen LogP) is 9.12. The number of halogens is 1. The van der Waals surface area contributed by atoms with Gasteiger partial charge in [-0.1, -0.05) is 49.2 Å². The van der Waals surface area contributed by atoms with Gasteiger partial charge in [0.05, 0.1) is 29.0 Å². The van der Waals surface area contributed by atoms with Crippen LogP contribution in [0.2, 0.25) is 0 Å². The van der Waals surface area contributed by atoms with Crippen molar-refractivity contribution in [2.75, 3.05) is 38.9 Å². The number of nitro benzene ring substituents is 1. The lowest BCUT2D eigenvalue weighted by Gasteiger charge is -2.59. The monoisotopic (exact) mass is 873 g/mol. The van der Waals surface area contributed by atoms with Gasteiger partial charge in [-0.15, -0.1) is 18.2 Å². The normalized spacial score (nSPS) is 22.9. The van der Waals surface area contributed by atoms with Gasteiger partial charge in [0.15, 0.2) is 0 Å². The molecule has 3 aromatic carbocycles. The zero-order chi connectivity index (χ0) is 44.1. The molecule has 3 aliphatic rings. The minimum absolute atomic E-state index is 0.00495. The summed E-state index contributed by atoms with van der Waals surface area (Å²) in [5.41, 5.74) is 3.40. The van der Waals surface area contributed by atoms with E-state index in [9.17, 15) is 29.9 Å². The van der Waals surface area contributed by atoms with Gasteiger partial charge in [0.2, 0.25) is 5.79 Å². The first-order valence-corrected chi connectivity index (χ1v) is 21.9. The topological polar surface area (TPSA) is 179 Å². The SMILES string of the molecule is C=CCOC12Oc3ccc(Oc4cccc(C=O)c4)cc3C3C(CCCCO)C(CCCCO)C=C(C(=NOCc4ccc([N+](=O)[O-])cc4)CC1N(CCC)C(=O)OCCCl)C32. The number of allylic oxidation sites excluding steroid dienone is 1. The molecule has 1 aliphatic heterocycles. The Kier molecular flexibility index (Phi) is 16.5. The van der Waals surface area contributed by atoms with E-state index in [0.717, 1.165) is 43.1 Å². The Morgan fingerprint density at radius 3 is 2.52 bits per heavy atom. The number of fused-ring (bicyclic) bond motifs is 2. The minimum Gasteiger partial charge on any atom is -0.459 e. The van der Waals surface area contributed by atoms with Crippen molar-refractivity contribution in [2.24, 2.45) is 22.9 Å². The molecule has 2 aliphatic carbocycles. The van der Waals surface area contributed by atoms with Crippen molar-refractivity contribution in [3.8, 4) is 17.2 Å². The number of alkyl halides is 1. The molecule has 0 spiro atoms. The Morgan fingerprint density at radius 2 is 1.82 bits per heavy atom. The molecule has 1 amide bonds. The lowest BCUT2D eigenvalue weighted by atomic mass is 9.55. The number of nitro groups is 1. The number of ether oxygens (including phenoxy) is 4. The molecule has 6 atom stereocenters. The predicted molar refractivity (Wildman–Crippen MR) is 234 cm³/mol. The molecule has 332 valence electrons. The van der Waals surface area contributed by atoms with Gasteiger partial charge in [0.25, 0.3) is 5.69 Å². The number of rotatable bonds is 23. The molecule has 6 rings (SSSR count). The lowest BCUT2D eigenvalue weighted by Crippen LogP contribution is -2.70. The Morgan fingerprint density at radius 1 is 1.06 bits per heavy atom. The molecule has 1 fully saturated rings. The molecular formula is C47H56ClN3O11. The van der Waals surface area contributed by atoms with Crippen LogP contribution in [0.25, 0.3) is 0 Å². The number of aliphatic hydroxyl groups excluding tert-OH is 2. The third-order valence-corrected chi connectivity index (χ3v) is 12.0. The lowest BCUT2D eigenvalue weighted by molar-refractivity contribution is -0.384. The number of non-ortho nitro benzene ring substituents is 1. The second-order valence-electron chi connectivity index (χ2n) is 15.8. The smallest absolute Gasteiger partial charge is 0.410 e. The third kappa shape index (κ3) is 10.5. The van der Waals surface area contributed by atoms with Crippen molar-refractivity contribution in [2.45, 2.75) is 82.6 Å². The highest BCUT2D eigenvalue weighted by Gasteiger charge is 2.65. The first-order chi connectivity index (χ1) is 30.2. The Bertz CT molecular complexity index is 2080. The summed E-state index contributed by atoms with van der Waals surface area (Å²) in [4.78, 5) is 44.4. The van der Waals surface area contributed by atoms with Gasteiger partial charge in [-0.3, -0.25) is 19.8 Å². The number of aldehydes is 1. The van der Waals surface area contributed by atoms with E-state index >= 15 is 0 Å². The number of hydrogen-bond acceptors (Lipinski definition) is 12. The van der Waals surface area contributed by atoms with Gasteiger partial charge in [0.1, 0.15) is 42.8 Å². The molecule has 6 unspecified atom stereocenters. The zero-order valence-corrected chi connectivity index (χ0v) is 35.8. The molecule has 14 nitrogen and oxygen atoms in total. The molecule has 62 heavy (non-hydrogen) atoms. The first-order valence-electron chi connectivity index (χ1n) is 21.4. The van der Waals surface area contributed by atoms with Crippen LogP contribution in [0.5, 0.6) is 17.2 Å². The molecule has 0 radical (unpaired) electrons. The summed E-state index contributed by atoms with van der Waals surface area (Å²) in [6, 6.07) is 17.8. The van der Waals surface area contributed by atoms with Crippen LogP contribution in [-0.2, 0) is 20.9 Å². The quantitative estimate of drug-likeness (QED) is 0.0232. The molecular weight excluding hydrogens is 818 g/mol. The van der Waals surface area contributed by atoms with Crippen LogP contribution in [0.3, 0.4) is 0 Å². The van der Waals surface area contributed by atoms with E-state index in [-0.39, 0.29) is 68.8 Å². The molecule has 0 bridgehead atoms. The summed E-state index contributed by atoms with van der Waals surface area (Å²) >= 11 is 6.01. The molecule has 1 heterocycles. The van der Waals surface area contributed by atoms with Gasteiger partial charge < -0.3 is 34.0 Å². The fourth-order valence-electron chi connectivity index (χ4n) is 9.22. The van der Waals surface area contributed by atoms with E-state index in [4.69, 9.17) is 40.5 Å². The standard InChI is InChI=1S/C47H56ClN3O11/c1-3-21-50(46(55)58-25-20-48)43-29-41(49-60-31-32-14-16-35(17-15-32)51(56)57)39-27-34(11-5-7-22-52)38(13-6-8-23-53)44-40-28-37(61-36-12-9-10-33(26-36)30-54)18-19-42(40)62-47(43,45(39)44)59-24-4-2/h4,9-10,12,14-19,26-28,30,34,38,43-45,52-53H,2-3,5-8,11,13,20-25,29,31H2,1H3. The fourth-order valence-corrected chi connectivity index (χ4v) is 9.30. The second-order valence-corrected chi connectivity index (χ2v) is 16.1. The van der Waals surface area contributed by atoms with E-state index < -0.39 is 28.8 Å². The highest BCUT2D eigenvalue weighted by atomic mass is 35.5. The van der Waals surface area contributed by atoms with Crippen LogP contribution in [0.15, 0.2) is 96.2 Å². The fraction of sp³-hybridized carbons (Fsp3) is 0.468. The van der Waals surface area contributed by atoms with E-state index in [1.807, 2.05) is 25.1 Å². The maximum absolute atomic E-state index is 14.2. The van der Waals surface area contributed by atoms with Crippen LogP contribution in [-0.4, -0.2) is 88.8 Å². The zero-order valence-electron chi connectivity index (χ0n) is 35.1. The van der Waals surface area contributed by atoms with E-state index in [0.29, 0.717) is 59.9 Å². The van der Waals surface area contributed by atoms with Crippen LogP contribution in [0, 0.1) is 27.9 Å². The minimum atomic E-state index is -1.49. The summed E-state index contributed by atoms with van der Waals surface area (Å²) in [6.07, 6.45) is 9.06. The number of unbranched alkanes of at least 4 members (excludes halogenated alkanes) is 2. The number of oxime groups is 1. The van der Waals surface area contributed by atoms with Crippen LogP contribution >= 0.6 is 11.6 Å². The average Bonchev–Trinajstić information content (AvgIpc) is 3.28. The van der Waals surface area contributed by atoms with Gasteiger partial charge in [-0.25, -0.2) is 4.79 Å². The third-order valence-electron chi connectivity index (χ3n) is 11.8. The number of carbonyl (C=O) groups is 2. The van der Waals surface area contributed by atoms with Gasteiger partial charge in [-0.2, -0.15) is 0 Å². The Hall–Kier alpha value is -5.28. The van der Waals surface area contributed by atoms with E-state index in [2.05, 4.69) is 12.7 Å². The van der Waals surface area contributed by atoms with Gasteiger partial charge >= 0.3 is 6.09 Å². The van der Waals surface area contributed by atoms with E-state index in [1.165, 1.54) is 12.1 Å². The summed E-state index contributed by atoms with van der Waals surface area (Å²) in [6.45, 7) is 6.46. The number of hydrogen-bond donors (Lipinski definition) is 2. The summed E-state index contributed by atoms with van der Waals surface area (Å²) < 4.78 is 26.3. The Balaban J connectivity index is 1.56. The maximum Gasteiger partial charge on any atom is 0.410 e. The highest BCUT2D eigenvalue weighted by Crippen LogP contribution is 2.62. The van der Waals surface area contributed by atoms with Crippen LogP contribution in [0.1, 0.15) is 85.7 Å². The number of aliphatic hydroxyl groups is 2. The van der Waals surface area contributed by atoms with Crippen molar-refractivity contribution < 1.29 is 48.5 Å².